The van der Waals surface area contributed by atoms with Crippen molar-refractivity contribution in [2.45, 2.75) is 45.6 Å². The van der Waals surface area contributed by atoms with Gasteiger partial charge in [0, 0.05) is 13.0 Å². The lowest BCUT2D eigenvalue weighted by Gasteiger charge is -2.24. The largest absolute Gasteiger partial charge is 0.354 e. The summed E-state index contributed by atoms with van der Waals surface area (Å²) < 4.78 is 0. The van der Waals surface area contributed by atoms with E-state index in [9.17, 15) is 4.79 Å². The second-order valence-corrected chi connectivity index (χ2v) is 3.30. The van der Waals surface area contributed by atoms with Gasteiger partial charge in [-0.3, -0.25) is 4.79 Å². The third-order valence-corrected chi connectivity index (χ3v) is 2.43. The highest BCUT2D eigenvalue weighted by atomic mass is 16.2. The number of rotatable bonds is 5. The van der Waals surface area contributed by atoms with Gasteiger partial charge in [-0.15, -0.1) is 11.8 Å². The van der Waals surface area contributed by atoms with Crippen LogP contribution in [-0.4, -0.2) is 18.0 Å². The molecule has 0 atom stereocenters. The molecule has 0 rings (SSSR count). The standard InChI is InChI=1S/C11H20N2O/c1-4-7-8-9-13-10(14)11(12,5-2)6-3/h5-6,8-9,12H2,1-3H3,(H,13,14). The number of nitrogens with one attached hydrogen (secondary N) is 1. The first-order chi connectivity index (χ1) is 6.60. The molecule has 3 heteroatoms. The molecule has 3 N–H and O–H groups in total. The zero-order valence-corrected chi connectivity index (χ0v) is 9.31. The van der Waals surface area contributed by atoms with E-state index in [1.165, 1.54) is 0 Å². The maximum Gasteiger partial charge on any atom is 0.240 e. The lowest BCUT2D eigenvalue weighted by Crippen LogP contribution is -2.53. The van der Waals surface area contributed by atoms with Gasteiger partial charge >= 0.3 is 0 Å². The summed E-state index contributed by atoms with van der Waals surface area (Å²) in [4.78, 5) is 11.6. The summed E-state index contributed by atoms with van der Waals surface area (Å²) in [6.07, 6.45) is 2.01. The Bertz CT molecular complexity index is 233. The fourth-order valence-electron chi connectivity index (χ4n) is 1.11. The van der Waals surface area contributed by atoms with E-state index in [2.05, 4.69) is 17.2 Å². The van der Waals surface area contributed by atoms with Gasteiger partial charge < -0.3 is 11.1 Å². The summed E-state index contributed by atoms with van der Waals surface area (Å²) in [7, 11) is 0. The van der Waals surface area contributed by atoms with Gasteiger partial charge in [0.25, 0.3) is 0 Å². The minimum Gasteiger partial charge on any atom is -0.354 e. The van der Waals surface area contributed by atoms with E-state index in [1.807, 2.05) is 13.8 Å². The van der Waals surface area contributed by atoms with Gasteiger partial charge in [0.1, 0.15) is 0 Å². The SMILES string of the molecule is CC#CCCNC(=O)C(N)(CC)CC. The molecule has 0 aliphatic carbocycles. The Kier molecular flexibility index (Phi) is 5.98. The Morgan fingerprint density at radius 3 is 2.43 bits per heavy atom. The second kappa shape index (κ2) is 6.44. The van der Waals surface area contributed by atoms with E-state index in [0.717, 1.165) is 0 Å². The lowest BCUT2D eigenvalue weighted by atomic mass is 9.93. The van der Waals surface area contributed by atoms with Crippen LogP contribution in [0.4, 0.5) is 0 Å². The summed E-state index contributed by atoms with van der Waals surface area (Å²) in [5.74, 6) is 5.59. The van der Waals surface area contributed by atoms with Crippen LogP contribution < -0.4 is 11.1 Å². The van der Waals surface area contributed by atoms with Gasteiger partial charge in [-0.05, 0) is 19.8 Å². The molecule has 3 nitrogen and oxygen atoms in total. The molecule has 0 spiro atoms. The van der Waals surface area contributed by atoms with Crippen LogP contribution in [0.5, 0.6) is 0 Å². The molecule has 0 aromatic rings. The Labute approximate surface area is 86.4 Å². The van der Waals surface area contributed by atoms with E-state index in [4.69, 9.17) is 5.73 Å². The third-order valence-electron chi connectivity index (χ3n) is 2.43. The molecule has 0 unspecified atom stereocenters. The first-order valence-electron chi connectivity index (χ1n) is 5.07. The van der Waals surface area contributed by atoms with Crippen molar-refractivity contribution >= 4 is 5.91 Å². The molecule has 0 saturated heterocycles. The van der Waals surface area contributed by atoms with Crippen LogP contribution in [0.3, 0.4) is 0 Å². The Hall–Kier alpha value is -1.01. The third kappa shape index (κ3) is 3.80. The highest BCUT2D eigenvalue weighted by Gasteiger charge is 2.29. The van der Waals surface area contributed by atoms with Crippen LogP contribution in [-0.2, 0) is 4.79 Å². The quantitative estimate of drug-likeness (QED) is 0.510. The Balaban J connectivity index is 3.98. The van der Waals surface area contributed by atoms with Crippen LogP contribution in [0, 0.1) is 11.8 Å². The van der Waals surface area contributed by atoms with Crippen molar-refractivity contribution < 1.29 is 4.79 Å². The number of carbonyl (C=O) groups excluding carboxylic acids is 1. The molecular formula is C11H20N2O. The van der Waals surface area contributed by atoms with Gasteiger partial charge in [0.2, 0.25) is 5.91 Å². The maximum atomic E-state index is 11.6. The number of nitrogens with two attached hydrogens (primary N) is 1. The predicted octanol–water partition coefficient (Wildman–Crippen LogP) is 1.03. The van der Waals surface area contributed by atoms with Crippen molar-refractivity contribution in [3.63, 3.8) is 0 Å². The molecule has 0 aromatic carbocycles. The highest BCUT2D eigenvalue weighted by Crippen LogP contribution is 2.10. The maximum absolute atomic E-state index is 11.6. The van der Waals surface area contributed by atoms with Gasteiger partial charge in [-0.25, -0.2) is 0 Å². The van der Waals surface area contributed by atoms with Crippen molar-refractivity contribution in [2.75, 3.05) is 6.54 Å². The average Bonchev–Trinajstić information content (AvgIpc) is 2.22. The van der Waals surface area contributed by atoms with E-state index in [1.54, 1.807) is 6.92 Å². The smallest absolute Gasteiger partial charge is 0.240 e. The molecule has 0 saturated carbocycles. The van der Waals surface area contributed by atoms with Crippen molar-refractivity contribution in [1.82, 2.24) is 5.32 Å². The molecule has 0 fully saturated rings. The minimum absolute atomic E-state index is 0.0691. The van der Waals surface area contributed by atoms with Gasteiger partial charge in [-0.2, -0.15) is 0 Å². The lowest BCUT2D eigenvalue weighted by molar-refractivity contribution is -0.126. The molecule has 80 valence electrons. The average molecular weight is 196 g/mol. The molecule has 0 radical (unpaired) electrons. The van der Waals surface area contributed by atoms with Crippen molar-refractivity contribution in [1.29, 1.82) is 0 Å². The zero-order chi connectivity index (χ0) is 11.0. The molecule has 14 heavy (non-hydrogen) atoms. The molecule has 0 heterocycles. The molecule has 0 aliphatic heterocycles. The number of carbonyl (C=O) groups is 1. The number of amides is 1. The Morgan fingerprint density at radius 2 is 2.00 bits per heavy atom. The van der Waals surface area contributed by atoms with Crippen LogP contribution in [0.2, 0.25) is 0 Å². The van der Waals surface area contributed by atoms with Crippen LogP contribution in [0.25, 0.3) is 0 Å². The van der Waals surface area contributed by atoms with E-state index >= 15 is 0 Å². The summed E-state index contributed by atoms with van der Waals surface area (Å²) in [6.45, 7) is 6.22. The molecule has 0 bridgehead atoms. The molecule has 0 aromatic heterocycles. The van der Waals surface area contributed by atoms with Crippen molar-refractivity contribution in [2.24, 2.45) is 5.73 Å². The monoisotopic (exact) mass is 196 g/mol. The predicted molar refractivity (Wildman–Crippen MR) is 58.6 cm³/mol. The van der Waals surface area contributed by atoms with Crippen molar-refractivity contribution in [3.05, 3.63) is 0 Å². The second-order valence-electron chi connectivity index (χ2n) is 3.30. The van der Waals surface area contributed by atoms with E-state index in [-0.39, 0.29) is 5.91 Å². The number of hydrogen-bond donors (Lipinski definition) is 2. The summed E-state index contributed by atoms with van der Waals surface area (Å²) in [5, 5.41) is 2.79. The van der Waals surface area contributed by atoms with Crippen molar-refractivity contribution in [3.8, 4) is 11.8 Å². The van der Waals surface area contributed by atoms with Crippen LogP contribution in [0.1, 0.15) is 40.0 Å². The highest BCUT2D eigenvalue weighted by molar-refractivity contribution is 5.85. The fraction of sp³-hybridized carbons (Fsp3) is 0.727. The molecular weight excluding hydrogens is 176 g/mol. The molecule has 0 aliphatic rings. The molecule has 1 amide bonds. The summed E-state index contributed by atoms with van der Waals surface area (Å²) in [5.41, 5.74) is 5.20. The Morgan fingerprint density at radius 1 is 1.43 bits per heavy atom. The zero-order valence-electron chi connectivity index (χ0n) is 9.31. The van der Waals surface area contributed by atoms with Gasteiger partial charge in [0.05, 0.1) is 5.54 Å². The van der Waals surface area contributed by atoms with E-state index in [0.29, 0.717) is 25.8 Å². The van der Waals surface area contributed by atoms with E-state index < -0.39 is 5.54 Å². The summed E-state index contributed by atoms with van der Waals surface area (Å²) >= 11 is 0. The van der Waals surface area contributed by atoms with Gasteiger partial charge in [-0.1, -0.05) is 13.8 Å². The minimum atomic E-state index is -0.709. The first-order valence-corrected chi connectivity index (χ1v) is 5.07. The number of hydrogen-bond acceptors (Lipinski definition) is 2. The van der Waals surface area contributed by atoms with Gasteiger partial charge in [0.15, 0.2) is 0 Å². The van der Waals surface area contributed by atoms with Crippen LogP contribution >= 0.6 is 0 Å². The summed E-state index contributed by atoms with van der Waals surface area (Å²) in [6, 6.07) is 0. The first kappa shape index (κ1) is 13.0. The normalized spacial score (nSPS) is 10.3. The van der Waals surface area contributed by atoms with Crippen LogP contribution in [0.15, 0.2) is 0 Å². The fourth-order valence-corrected chi connectivity index (χ4v) is 1.11. The topological polar surface area (TPSA) is 55.1 Å².